The molecule has 2 fully saturated rings. The van der Waals surface area contributed by atoms with Crippen LogP contribution < -0.4 is 9.47 Å². The van der Waals surface area contributed by atoms with Crippen molar-refractivity contribution in [1.82, 2.24) is 0 Å². The largest absolute Gasteiger partial charge is 0.489 e. The molecule has 0 N–H and O–H groups in total. The Kier molecular flexibility index (Phi) is 8.14. The Bertz CT molecular complexity index is 1560. The summed E-state index contributed by atoms with van der Waals surface area (Å²) in [7, 11) is 0. The van der Waals surface area contributed by atoms with Gasteiger partial charge in [0.25, 0.3) is 0 Å². The highest BCUT2D eigenvalue weighted by Crippen LogP contribution is 2.61. The molecule has 0 aliphatic carbocycles. The van der Waals surface area contributed by atoms with Crippen molar-refractivity contribution in [1.29, 1.82) is 0 Å². The summed E-state index contributed by atoms with van der Waals surface area (Å²) < 4.78 is 28.5. The molecular formula is C32H26Cl2N2O9. The minimum absolute atomic E-state index is 0.331. The number of epoxide rings is 2. The molecule has 2 saturated heterocycles. The van der Waals surface area contributed by atoms with Crippen LogP contribution in [0.5, 0.6) is 11.5 Å². The van der Waals surface area contributed by atoms with Gasteiger partial charge in [-0.25, -0.2) is 0 Å². The monoisotopic (exact) mass is 652 g/mol. The van der Waals surface area contributed by atoms with E-state index in [9.17, 15) is 20.2 Å². The number of halogens is 2. The maximum absolute atomic E-state index is 11.9. The van der Waals surface area contributed by atoms with Gasteiger partial charge in [0, 0.05) is 0 Å². The second kappa shape index (κ2) is 11.9. The van der Waals surface area contributed by atoms with Crippen LogP contribution in [0.4, 0.5) is 0 Å². The third-order valence-corrected chi connectivity index (χ3v) is 8.79. The van der Waals surface area contributed by atoms with Crippen LogP contribution in [0.3, 0.4) is 0 Å². The second-order valence-corrected chi connectivity index (χ2v) is 11.6. The van der Waals surface area contributed by atoms with Gasteiger partial charge in [-0.15, -0.1) is 0 Å². The average Bonchev–Trinajstić information content (AvgIpc) is 3.91. The lowest BCUT2D eigenvalue weighted by molar-refractivity contribution is -0.537. The summed E-state index contributed by atoms with van der Waals surface area (Å²) in [6, 6.07) is 32.1. The topological polar surface area (TPSA) is 139 Å². The molecule has 2 aliphatic rings. The smallest absolute Gasteiger partial charge is 0.441 e. The molecule has 0 spiro atoms. The highest BCUT2D eigenvalue weighted by atomic mass is 35.5. The Morgan fingerprint density at radius 1 is 0.578 bits per heavy atom. The van der Waals surface area contributed by atoms with Crippen LogP contribution in [-0.4, -0.2) is 33.4 Å². The molecule has 2 heterocycles. The molecule has 0 bridgehead atoms. The van der Waals surface area contributed by atoms with Crippen LogP contribution in [0.25, 0.3) is 0 Å². The molecule has 13 heteroatoms. The molecule has 2 aliphatic heterocycles. The molecule has 0 amide bonds. The van der Waals surface area contributed by atoms with E-state index < -0.39 is 44.6 Å². The predicted molar refractivity (Wildman–Crippen MR) is 162 cm³/mol. The third-order valence-electron chi connectivity index (χ3n) is 7.75. The standard InChI is InChI=1S/C32H26Cl2N2O9/c33-31(35(37)38)29(44-31,25-11-15-27(16-12-25)42-19-23-7-3-1-4-8-23)21-41-22-30(32(34,45-30)36(39)40)26-13-17-28(18-14-26)43-20-24-9-5-2-6-10-24/h1-18H,19-22H2/t29-,30-,31+,32+/m0/s1. The zero-order valence-electron chi connectivity index (χ0n) is 23.5. The van der Waals surface area contributed by atoms with Crippen LogP contribution in [0, 0.1) is 20.2 Å². The molecule has 232 valence electrons. The molecular weight excluding hydrogens is 627 g/mol. The maximum atomic E-state index is 11.9. The van der Waals surface area contributed by atoms with Crippen LogP contribution >= 0.6 is 23.2 Å². The van der Waals surface area contributed by atoms with Gasteiger partial charge in [0.15, 0.2) is 0 Å². The minimum Gasteiger partial charge on any atom is -0.489 e. The summed E-state index contributed by atoms with van der Waals surface area (Å²) in [6.45, 7) is -0.179. The molecule has 6 rings (SSSR count). The van der Waals surface area contributed by atoms with Crippen LogP contribution in [0.2, 0.25) is 0 Å². The normalized spacial score (nSPS) is 26.5. The summed E-state index contributed by atoms with van der Waals surface area (Å²) >= 11 is 12.6. The van der Waals surface area contributed by atoms with Gasteiger partial charge in [-0.3, -0.25) is 29.7 Å². The van der Waals surface area contributed by atoms with E-state index in [4.69, 9.17) is 46.9 Å². The van der Waals surface area contributed by atoms with Crippen LogP contribution in [0.15, 0.2) is 109 Å². The zero-order valence-corrected chi connectivity index (χ0v) is 25.1. The summed E-state index contributed by atoms with van der Waals surface area (Å²) in [5.41, 5.74) is -0.714. The molecule has 4 atom stereocenters. The Balaban J connectivity index is 1.16. The number of hydrogen-bond donors (Lipinski definition) is 0. The van der Waals surface area contributed by atoms with Crippen molar-refractivity contribution in [2.75, 3.05) is 13.2 Å². The summed E-state index contributed by atoms with van der Waals surface area (Å²) in [5.74, 6) is 1.06. The Hall–Kier alpha value is -4.26. The number of rotatable bonds is 14. The minimum atomic E-state index is -2.31. The van der Waals surface area contributed by atoms with Gasteiger partial charge < -0.3 is 14.2 Å². The van der Waals surface area contributed by atoms with Gasteiger partial charge in [-0.2, -0.15) is 0 Å². The van der Waals surface area contributed by atoms with Crippen molar-refractivity contribution >= 4 is 23.2 Å². The van der Waals surface area contributed by atoms with Gasteiger partial charge in [-0.1, -0.05) is 84.9 Å². The lowest BCUT2D eigenvalue weighted by Gasteiger charge is -2.17. The van der Waals surface area contributed by atoms with Crippen molar-refractivity contribution in [2.24, 2.45) is 0 Å². The first-order valence-corrected chi connectivity index (χ1v) is 14.6. The third kappa shape index (κ3) is 5.69. The van der Waals surface area contributed by atoms with Crippen molar-refractivity contribution in [3.63, 3.8) is 0 Å². The molecule has 11 nitrogen and oxygen atoms in total. The van der Waals surface area contributed by atoms with E-state index in [1.165, 1.54) is 0 Å². The van der Waals surface area contributed by atoms with E-state index in [0.717, 1.165) is 11.1 Å². The van der Waals surface area contributed by atoms with E-state index >= 15 is 0 Å². The van der Waals surface area contributed by atoms with Crippen molar-refractivity contribution in [3.8, 4) is 11.5 Å². The van der Waals surface area contributed by atoms with Crippen molar-refractivity contribution in [2.45, 2.75) is 34.8 Å². The number of benzene rings is 4. The van der Waals surface area contributed by atoms with Crippen molar-refractivity contribution < 1.29 is 33.5 Å². The molecule has 0 saturated carbocycles. The molecule has 0 radical (unpaired) electrons. The number of nitrogens with zero attached hydrogens (tertiary/aromatic N) is 2. The van der Waals surface area contributed by atoms with E-state index in [-0.39, 0.29) is 0 Å². The molecule has 4 aromatic carbocycles. The van der Waals surface area contributed by atoms with E-state index in [0.29, 0.717) is 35.8 Å². The van der Waals surface area contributed by atoms with Gasteiger partial charge in [0.2, 0.25) is 11.2 Å². The predicted octanol–water partition coefficient (Wildman–Crippen LogP) is 6.35. The first-order valence-electron chi connectivity index (χ1n) is 13.8. The van der Waals surface area contributed by atoms with Gasteiger partial charge >= 0.3 is 10.4 Å². The van der Waals surface area contributed by atoms with E-state index in [2.05, 4.69) is 0 Å². The SMILES string of the molecule is O=[N+]([O-])[C@@]1(Cl)O[C@@]1(COC[C@@]1(c2ccc(OCc3ccccc3)cc2)O[C@]1(Cl)[N+](=O)[O-])c1ccc(OCc2ccccc2)cc1. The number of nitro groups is 2. The number of hydrogen-bond acceptors (Lipinski definition) is 9. The first kappa shape index (κ1) is 30.8. The summed E-state index contributed by atoms with van der Waals surface area (Å²) in [4.78, 5) is 22.3. The van der Waals surface area contributed by atoms with Crippen molar-refractivity contribution in [3.05, 3.63) is 152 Å². The Morgan fingerprint density at radius 3 is 1.24 bits per heavy atom. The molecule has 4 aromatic rings. The first-order chi connectivity index (χ1) is 21.6. The highest BCUT2D eigenvalue weighted by Gasteiger charge is 2.85. The van der Waals surface area contributed by atoms with E-state index in [1.807, 2.05) is 60.7 Å². The summed E-state index contributed by atoms with van der Waals surface area (Å²) in [5, 5.41) is 19.1. The molecule has 0 unspecified atom stereocenters. The zero-order chi connectivity index (χ0) is 31.7. The second-order valence-electron chi connectivity index (χ2n) is 10.6. The lowest BCUT2D eigenvalue weighted by Crippen LogP contribution is -2.35. The van der Waals surface area contributed by atoms with Crippen LogP contribution in [0.1, 0.15) is 22.3 Å². The number of alkyl halides is 2. The van der Waals surface area contributed by atoms with Gasteiger partial charge in [0.05, 0.1) is 23.1 Å². The highest BCUT2D eigenvalue weighted by molar-refractivity contribution is 6.24. The van der Waals surface area contributed by atoms with Gasteiger partial charge in [0.1, 0.15) is 24.7 Å². The Morgan fingerprint density at radius 2 is 0.933 bits per heavy atom. The molecule has 45 heavy (non-hydrogen) atoms. The maximum Gasteiger partial charge on any atom is 0.441 e. The number of ether oxygens (including phenoxy) is 5. The van der Waals surface area contributed by atoms with Crippen LogP contribution in [-0.2, 0) is 38.6 Å². The quantitative estimate of drug-likeness (QED) is 0.0501. The fraction of sp³-hybridized carbons (Fsp3) is 0.250. The van der Waals surface area contributed by atoms with Gasteiger partial charge in [-0.05, 0) is 69.7 Å². The fourth-order valence-corrected chi connectivity index (χ4v) is 5.71. The Labute approximate surface area is 267 Å². The molecule has 0 aromatic heterocycles. The lowest BCUT2D eigenvalue weighted by atomic mass is 9.97. The fourth-order valence-electron chi connectivity index (χ4n) is 5.12. The van der Waals surface area contributed by atoms with E-state index in [1.54, 1.807) is 48.5 Å². The summed E-state index contributed by atoms with van der Waals surface area (Å²) in [6.07, 6.45) is 0. The average molecular weight is 653 g/mol.